The molecule has 108 valence electrons. The molecule has 0 aliphatic heterocycles. The molecule has 2 rings (SSSR count). The van der Waals surface area contributed by atoms with Gasteiger partial charge in [0.15, 0.2) is 16.7 Å². The summed E-state index contributed by atoms with van der Waals surface area (Å²) in [4.78, 5) is 11.0. The lowest BCUT2D eigenvalue weighted by atomic mass is 10.3. The summed E-state index contributed by atoms with van der Waals surface area (Å²) >= 11 is 1.64. The van der Waals surface area contributed by atoms with Crippen LogP contribution in [0.4, 0.5) is 0 Å². The average Bonchev–Trinajstić information content (AvgIpc) is 3.05. The molecule has 7 heteroatoms. The number of nitrogens with zero attached hydrogens (tertiary/aromatic N) is 3. The number of nitrogens with two attached hydrogens (primary N) is 1. The van der Waals surface area contributed by atoms with Crippen molar-refractivity contribution < 1.29 is 9.21 Å². The second-order valence-corrected chi connectivity index (χ2v) is 5.42. The topological polar surface area (TPSA) is 86.9 Å². The van der Waals surface area contributed by atoms with Crippen molar-refractivity contribution in [3.63, 3.8) is 0 Å². The minimum Gasteiger partial charge on any atom is -0.461 e. The number of carbonyl (C=O) groups is 1. The zero-order chi connectivity index (χ0) is 14.4. The Hall–Kier alpha value is -1.76. The molecule has 2 aromatic rings. The van der Waals surface area contributed by atoms with E-state index in [4.69, 9.17) is 10.2 Å². The summed E-state index contributed by atoms with van der Waals surface area (Å²) in [5.41, 5.74) is 5.23. The predicted molar refractivity (Wildman–Crippen MR) is 77.2 cm³/mol. The lowest BCUT2D eigenvalue weighted by Gasteiger charge is -2.07. The van der Waals surface area contributed by atoms with E-state index in [1.807, 2.05) is 10.6 Å². The summed E-state index contributed by atoms with van der Waals surface area (Å²) in [6.07, 6.45) is 4.09. The van der Waals surface area contributed by atoms with Gasteiger partial charge in [-0.3, -0.25) is 9.36 Å². The highest BCUT2D eigenvalue weighted by Gasteiger charge is 2.16. The van der Waals surface area contributed by atoms with E-state index in [1.54, 1.807) is 24.1 Å². The van der Waals surface area contributed by atoms with Crippen molar-refractivity contribution in [1.29, 1.82) is 0 Å². The van der Waals surface area contributed by atoms with Gasteiger partial charge in [0, 0.05) is 18.7 Å². The molecule has 0 saturated carbocycles. The van der Waals surface area contributed by atoms with Crippen LogP contribution in [-0.2, 0) is 11.3 Å². The second-order valence-electron chi connectivity index (χ2n) is 4.35. The van der Waals surface area contributed by atoms with Gasteiger partial charge in [0.05, 0.1) is 6.26 Å². The fourth-order valence-corrected chi connectivity index (χ4v) is 2.76. The lowest BCUT2D eigenvalue weighted by Crippen LogP contribution is -2.15. The Labute approximate surface area is 121 Å². The van der Waals surface area contributed by atoms with Gasteiger partial charge in [-0.05, 0) is 18.6 Å². The Morgan fingerprint density at radius 1 is 1.50 bits per heavy atom. The number of rotatable bonds is 8. The van der Waals surface area contributed by atoms with Crippen LogP contribution in [-0.4, -0.2) is 26.4 Å². The van der Waals surface area contributed by atoms with Gasteiger partial charge in [-0.25, -0.2) is 0 Å². The van der Waals surface area contributed by atoms with Crippen LogP contribution >= 0.6 is 11.8 Å². The van der Waals surface area contributed by atoms with E-state index >= 15 is 0 Å². The maximum absolute atomic E-state index is 11.0. The minimum atomic E-state index is -0.339. The zero-order valence-electron chi connectivity index (χ0n) is 11.4. The molecule has 20 heavy (non-hydrogen) atoms. The summed E-state index contributed by atoms with van der Waals surface area (Å²) < 4.78 is 7.25. The molecule has 2 N–H and O–H groups in total. The molecule has 0 bridgehead atoms. The largest absolute Gasteiger partial charge is 0.461 e. The number of aromatic nitrogens is 3. The Morgan fingerprint density at radius 3 is 3.00 bits per heavy atom. The van der Waals surface area contributed by atoms with Crippen molar-refractivity contribution in [2.24, 2.45) is 5.73 Å². The normalized spacial score (nSPS) is 10.8. The molecule has 0 aromatic carbocycles. The Morgan fingerprint density at radius 2 is 2.35 bits per heavy atom. The first kappa shape index (κ1) is 14.6. The molecule has 0 unspecified atom stereocenters. The van der Waals surface area contributed by atoms with Crippen LogP contribution in [0.15, 0.2) is 28.0 Å². The van der Waals surface area contributed by atoms with Crippen molar-refractivity contribution in [2.45, 2.75) is 37.9 Å². The first-order chi connectivity index (χ1) is 9.72. The summed E-state index contributed by atoms with van der Waals surface area (Å²) in [7, 11) is 0. The SMILES string of the molecule is CCCCSc1nnc(-c2ccco2)n1CCC(N)=O. The Kier molecular flexibility index (Phi) is 5.23. The van der Waals surface area contributed by atoms with Crippen molar-refractivity contribution in [3.05, 3.63) is 18.4 Å². The highest BCUT2D eigenvalue weighted by atomic mass is 32.2. The third kappa shape index (κ3) is 3.63. The molecular weight excluding hydrogens is 276 g/mol. The summed E-state index contributed by atoms with van der Waals surface area (Å²) in [6.45, 7) is 2.61. The van der Waals surface area contributed by atoms with Gasteiger partial charge in [0.1, 0.15) is 0 Å². The van der Waals surface area contributed by atoms with Gasteiger partial charge in [-0.1, -0.05) is 25.1 Å². The van der Waals surface area contributed by atoms with E-state index in [0.717, 1.165) is 23.8 Å². The summed E-state index contributed by atoms with van der Waals surface area (Å²) in [6, 6.07) is 3.62. The van der Waals surface area contributed by atoms with Gasteiger partial charge >= 0.3 is 0 Å². The van der Waals surface area contributed by atoms with E-state index in [1.165, 1.54) is 0 Å². The molecule has 0 aliphatic rings. The van der Waals surface area contributed by atoms with Gasteiger partial charge < -0.3 is 10.2 Å². The van der Waals surface area contributed by atoms with Crippen molar-refractivity contribution >= 4 is 17.7 Å². The van der Waals surface area contributed by atoms with E-state index in [9.17, 15) is 4.79 Å². The molecule has 0 atom stereocenters. The van der Waals surface area contributed by atoms with Crippen LogP contribution in [0.5, 0.6) is 0 Å². The molecule has 2 heterocycles. The van der Waals surface area contributed by atoms with E-state index < -0.39 is 0 Å². The molecule has 0 aliphatic carbocycles. The quantitative estimate of drug-likeness (QED) is 0.596. The second kappa shape index (κ2) is 7.14. The van der Waals surface area contributed by atoms with Gasteiger partial charge in [-0.15, -0.1) is 10.2 Å². The van der Waals surface area contributed by atoms with Crippen LogP contribution < -0.4 is 5.73 Å². The van der Waals surface area contributed by atoms with Crippen molar-refractivity contribution in [1.82, 2.24) is 14.8 Å². The van der Waals surface area contributed by atoms with Crippen LogP contribution in [0.25, 0.3) is 11.6 Å². The number of unbranched alkanes of at least 4 members (excludes halogenated alkanes) is 1. The van der Waals surface area contributed by atoms with Crippen molar-refractivity contribution in [2.75, 3.05) is 5.75 Å². The number of carbonyl (C=O) groups excluding carboxylic acids is 1. The van der Waals surface area contributed by atoms with Gasteiger partial charge in [0.2, 0.25) is 5.91 Å². The molecule has 0 spiro atoms. The third-order valence-corrected chi connectivity index (χ3v) is 3.82. The fraction of sp³-hybridized carbons (Fsp3) is 0.462. The highest BCUT2D eigenvalue weighted by Crippen LogP contribution is 2.25. The van der Waals surface area contributed by atoms with E-state index in [2.05, 4.69) is 17.1 Å². The molecule has 6 nitrogen and oxygen atoms in total. The number of primary amides is 1. The standard InChI is InChI=1S/C13H18N4O2S/c1-2-3-9-20-13-16-15-12(10-5-4-8-19-10)17(13)7-6-11(14)18/h4-5,8H,2-3,6-7,9H2,1H3,(H2,14,18). The fourth-order valence-electron chi connectivity index (χ4n) is 1.71. The monoisotopic (exact) mass is 294 g/mol. The van der Waals surface area contributed by atoms with Crippen LogP contribution in [0.1, 0.15) is 26.2 Å². The lowest BCUT2D eigenvalue weighted by molar-refractivity contribution is -0.118. The van der Waals surface area contributed by atoms with E-state index in [0.29, 0.717) is 18.1 Å². The Bertz CT molecular complexity index is 551. The maximum atomic E-state index is 11.0. The zero-order valence-corrected chi connectivity index (χ0v) is 12.2. The first-order valence-corrected chi connectivity index (χ1v) is 7.59. The van der Waals surface area contributed by atoms with Gasteiger partial charge in [0.25, 0.3) is 0 Å². The molecule has 0 saturated heterocycles. The summed E-state index contributed by atoms with van der Waals surface area (Å²) in [5.74, 6) is 1.91. The highest BCUT2D eigenvalue weighted by molar-refractivity contribution is 7.99. The number of furan rings is 1. The number of amides is 1. The maximum Gasteiger partial charge on any atom is 0.219 e. The number of hydrogen-bond donors (Lipinski definition) is 1. The van der Waals surface area contributed by atoms with Gasteiger partial charge in [-0.2, -0.15) is 0 Å². The summed E-state index contributed by atoms with van der Waals surface area (Å²) in [5, 5.41) is 9.14. The van der Waals surface area contributed by atoms with Crippen molar-refractivity contribution in [3.8, 4) is 11.6 Å². The van der Waals surface area contributed by atoms with E-state index in [-0.39, 0.29) is 12.3 Å². The van der Waals surface area contributed by atoms with Crippen LogP contribution in [0, 0.1) is 0 Å². The van der Waals surface area contributed by atoms with Crippen LogP contribution in [0.3, 0.4) is 0 Å². The first-order valence-electron chi connectivity index (χ1n) is 6.60. The molecule has 0 radical (unpaired) electrons. The average molecular weight is 294 g/mol. The molecule has 0 fully saturated rings. The number of hydrogen-bond acceptors (Lipinski definition) is 5. The molecule has 2 aromatic heterocycles. The molecule has 1 amide bonds. The minimum absolute atomic E-state index is 0.257. The predicted octanol–water partition coefficient (Wildman–Crippen LogP) is 2.31. The smallest absolute Gasteiger partial charge is 0.219 e. The molecular formula is C13H18N4O2S. The third-order valence-electron chi connectivity index (χ3n) is 2.77. The number of thioether (sulfide) groups is 1. The van der Waals surface area contributed by atoms with Crippen LogP contribution in [0.2, 0.25) is 0 Å². The Balaban J connectivity index is 2.20.